The van der Waals surface area contributed by atoms with Crippen LogP contribution in [0.2, 0.25) is 0 Å². The average molecular weight is 333 g/mol. The summed E-state index contributed by atoms with van der Waals surface area (Å²) in [6, 6.07) is 5.50. The zero-order valence-corrected chi connectivity index (χ0v) is 13.7. The number of ether oxygens (including phenoxy) is 3. The van der Waals surface area contributed by atoms with Crippen LogP contribution in [-0.4, -0.2) is 25.3 Å². The van der Waals surface area contributed by atoms with Gasteiger partial charge in [0.25, 0.3) is 5.91 Å². The van der Waals surface area contributed by atoms with Gasteiger partial charge < -0.3 is 19.5 Å². The molecular weight excluding hydrogens is 310 g/mol. The van der Waals surface area contributed by atoms with Crippen LogP contribution in [0.15, 0.2) is 18.2 Å². The highest BCUT2D eigenvalue weighted by Crippen LogP contribution is 2.32. The number of hydrogen-bond donors (Lipinski definition) is 1. The summed E-state index contributed by atoms with van der Waals surface area (Å²) in [7, 11) is 0. The quantitative estimate of drug-likeness (QED) is 0.776. The van der Waals surface area contributed by atoms with E-state index < -0.39 is 0 Å². The molecule has 0 bridgehead atoms. The van der Waals surface area contributed by atoms with E-state index in [9.17, 15) is 9.59 Å². The molecule has 130 valence electrons. The van der Waals surface area contributed by atoms with Crippen molar-refractivity contribution in [3.8, 4) is 11.5 Å². The molecule has 0 spiro atoms. The van der Waals surface area contributed by atoms with Gasteiger partial charge >= 0.3 is 5.97 Å². The summed E-state index contributed by atoms with van der Waals surface area (Å²) in [4.78, 5) is 23.4. The molecule has 24 heavy (non-hydrogen) atoms. The predicted octanol–water partition coefficient (Wildman–Crippen LogP) is 2.55. The highest BCUT2D eigenvalue weighted by atomic mass is 16.7. The molecule has 1 saturated carbocycles. The number of nitrogens with one attached hydrogen (secondary N) is 1. The summed E-state index contributed by atoms with van der Waals surface area (Å²) in [6.07, 6.45) is 6.23. The third-order valence-electron chi connectivity index (χ3n) is 4.52. The summed E-state index contributed by atoms with van der Waals surface area (Å²) < 4.78 is 15.6. The molecule has 3 rings (SSSR count). The van der Waals surface area contributed by atoms with E-state index in [1.807, 2.05) is 18.2 Å². The summed E-state index contributed by atoms with van der Waals surface area (Å²) >= 11 is 0. The molecule has 1 fully saturated rings. The Morgan fingerprint density at radius 3 is 2.79 bits per heavy atom. The Labute approximate surface area is 141 Å². The minimum Gasteiger partial charge on any atom is -0.456 e. The number of carbonyl (C=O) groups is 2. The predicted molar refractivity (Wildman–Crippen MR) is 86.6 cm³/mol. The molecule has 6 nitrogen and oxygen atoms in total. The van der Waals surface area contributed by atoms with Gasteiger partial charge in [-0.05, 0) is 30.0 Å². The smallest absolute Gasteiger partial charge is 0.306 e. The zero-order valence-electron chi connectivity index (χ0n) is 13.7. The van der Waals surface area contributed by atoms with Gasteiger partial charge in [-0.2, -0.15) is 0 Å². The van der Waals surface area contributed by atoms with Gasteiger partial charge in [0, 0.05) is 13.0 Å². The van der Waals surface area contributed by atoms with Crippen molar-refractivity contribution < 1.29 is 23.8 Å². The summed E-state index contributed by atoms with van der Waals surface area (Å²) in [6.45, 7) is 0.352. The Morgan fingerprint density at radius 1 is 1.17 bits per heavy atom. The molecule has 1 N–H and O–H groups in total. The molecule has 1 amide bonds. The number of rotatable bonds is 7. The van der Waals surface area contributed by atoms with E-state index in [2.05, 4.69) is 5.32 Å². The van der Waals surface area contributed by atoms with Gasteiger partial charge in [-0.3, -0.25) is 9.59 Å². The first kappa shape index (κ1) is 16.6. The maximum atomic E-state index is 11.8. The fraction of sp³-hybridized carbons (Fsp3) is 0.556. The summed E-state index contributed by atoms with van der Waals surface area (Å²) in [5.41, 5.74) is 0.903. The van der Waals surface area contributed by atoms with Crippen molar-refractivity contribution >= 4 is 11.9 Å². The van der Waals surface area contributed by atoms with Crippen molar-refractivity contribution in [2.75, 3.05) is 13.4 Å². The van der Waals surface area contributed by atoms with Crippen LogP contribution in [0.4, 0.5) is 0 Å². The van der Waals surface area contributed by atoms with Crippen molar-refractivity contribution in [1.82, 2.24) is 5.32 Å². The molecule has 0 unspecified atom stereocenters. The van der Waals surface area contributed by atoms with Gasteiger partial charge in [0.05, 0.1) is 0 Å². The summed E-state index contributed by atoms with van der Waals surface area (Å²) in [5.74, 6) is 1.45. The van der Waals surface area contributed by atoms with Crippen LogP contribution in [0, 0.1) is 5.92 Å². The maximum Gasteiger partial charge on any atom is 0.306 e. The van der Waals surface area contributed by atoms with Gasteiger partial charge in [0.2, 0.25) is 6.79 Å². The molecule has 0 atom stereocenters. The number of hydrogen-bond acceptors (Lipinski definition) is 5. The Balaban J connectivity index is 1.32. The van der Waals surface area contributed by atoms with Crippen LogP contribution in [0.25, 0.3) is 0 Å². The van der Waals surface area contributed by atoms with Crippen LogP contribution in [0.3, 0.4) is 0 Å². The van der Waals surface area contributed by atoms with Gasteiger partial charge in [-0.25, -0.2) is 0 Å². The normalized spacial score (nSPS) is 16.2. The van der Waals surface area contributed by atoms with Crippen molar-refractivity contribution in [1.29, 1.82) is 0 Å². The molecule has 1 heterocycles. The Bertz CT molecular complexity index is 595. The second-order valence-corrected chi connectivity index (χ2v) is 6.31. The first-order valence-corrected chi connectivity index (χ1v) is 8.51. The molecule has 1 aromatic rings. The van der Waals surface area contributed by atoms with Crippen molar-refractivity contribution in [3.05, 3.63) is 23.8 Å². The SMILES string of the molecule is O=C(COC(=O)CCC1CCCC1)NCc1ccc2c(c1)OCO2. The molecular formula is C18H23NO5. The molecule has 2 aliphatic rings. The number of benzene rings is 1. The topological polar surface area (TPSA) is 73.9 Å². The number of fused-ring (bicyclic) bond motifs is 1. The highest BCUT2D eigenvalue weighted by molar-refractivity contribution is 5.80. The van der Waals surface area contributed by atoms with Crippen LogP contribution < -0.4 is 14.8 Å². The Hall–Kier alpha value is -2.24. The minimum absolute atomic E-state index is 0.224. The van der Waals surface area contributed by atoms with E-state index in [4.69, 9.17) is 14.2 Å². The third-order valence-corrected chi connectivity index (χ3v) is 4.52. The second-order valence-electron chi connectivity index (χ2n) is 6.31. The van der Waals surface area contributed by atoms with Crippen LogP contribution in [-0.2, 0) is 20.9 Å². The molecule has 0 aromatic heterocycles. The van der Waals surface area contributed by atoms with Crippen LogP contribution in [0.5, 0.6) is 11.5 Å². The standard InChI is InChI=1S/C18H23NO5/c20-17(11-22-18(21)8-6-13-3-1-2-4-13)19-10-14-5-7-15-16(9-14)24-12-23-15/h5,7,9,13H,1-4,6,8,10-12H2,(H,19,20). The van der Waals surface area contributed by atoms with Crippen LogP contribution in [0.1, 0.15) is 44.1 Å². The average Bonchev–Trinajstić information content (AvgIpc) is 3.26. The molecule has 1 aromatic carbocycles. The van der Waals surface area contributed by atoms with Crippen LogP contribution >= 0.6 is 0 Å². The van der Waals surface area contributed by atoms with E-state index in [0.29, 0.717) is 30.4 Å². The minimum atomic E-state index is -0.304. The highest BCUT2D eigenvalue weighted by Gasteiger charge is 2.17. The van der Waals surface area contributed by atoms with Gasteiger partial charge in [0.1, 0.15) is 0 Å². The third kappa shape index (κ3) is 4.63. The summed E-state index contributed by atoms with van der Waals surface area (Å²) in [5, 5.41) is 2.73. The van der Waals surface area contributed by atoms with Gasteiger partial charge in [0.15, 0.2) is 18.1 Å². The van der Waals surface area contributed by atoms with E-state index >= 15 is 0 Å². The van der Waals surface area contributed by atoms with E-state index in [-0.39, 0.29) is 25.3 Å². The maximum absolute atomic E-state index is 11.8. The first-order chi connectivity index (χ1) is 11.7. The van der Waals surface area contributed by atoms with E-state index in [1.165, 1.54) is 25.7 Å². The molecule has 1 aliphatic carbocycles. The van der Waals surface area contributed by atoms with Gasteiger partial charge in [-0.15, -0.1) is 0 Å². The number of carbonyl (C=O) groups excluding carboxylic acids is 2. The molecule has 6 heteroatoms. The second kappa shape index (κ2) is 8.04. The lowest BCUT2D eigenvalue weighted by Gasteiger charge is -2.09. The lowest BCUT2D eigenvalue weighted by molar-refractivity contribution is -0.148. The fourth-order valence-corrected chi connectivity index (χ4v) is 3.14. The lowest BCUT2D eigenvalue weighted by atomic mass is 10.0. The fourth-order valence-electron chi connectivity index (χ4n) is 3.14. The monoisotopic (exact) mass is 333 g/mol. The van der Waals surface area contributed by atoms with E-state index in [1.54, 1.807) is 0 Å². The van der Waals surface area contributed by atoms with Gasteiger partial charge in [-0.1, -0.05) is 31.7 Å². The number of amides is 1. The van der Waals surface area contributed by atoms with Crippen molar-refractivity contribution in [2.24, 2.45) is 5.92 Å². The Kier molecular flexibility index (Phi) is 5.56. The first-order valence-electron chi connectivity index (χ1n) is 8.51. The molecule has 1 aliphatic heterocycles. The molecule has 0 saturated heterocycles. The number of esters is 1. The lowest BCUT2D eigenvalue weighted by Crippen LogP contribution is -2.28. The van der Waals surface area contributed by atoms with Crippen molar-refractivity contribution in [3.63, 3.8) is 0 Å². The zero-order chi connectivity index (χ0) is 16.8. The largest absolute Gasteiger partial charge is 0.456 e. The van der Waals surface area contributed by atoms with E-state index in [0.717, 1.165) is 12.0 Å². The molecule has 0 radical (unpaired) electrons. The van der Waals surface area contributed by atoms with Crippen molar-refractivity contribution in [2.45, 2.75) is 45.1 Å². The Morgan fingerprint density at radius 2 is 1.96 bits per heavy atom.